The minimum absolute atomic E-state index is 0.0158. The largest absolute Gasteiger partial charge is 0.496 e. The Morgan fingerprint density at radius 1 is 1.21 bits per heavy atom. The van der Waals surface area contributed by atoms with Crippen molar-refractivity contribution in [3.8, 4) is 5.75 Å². The quantitative estimate of drug-likeness (QED) is 0.818. The van der Waals surface area contributed by atoms with Crippen LogP contribution >= 0.6 is 11.6 Å². The van der Waals surface area contributed by atoms with E-state index in [1.54, 1.807) is 13.2 Å². The fourth-order valence-electron chi connectivity index (χ4n) is 3.92. The molecule has 1 unspecified atom stereocenters. The van der Waals surface area contributed by atoms with E-state index in [2.05, 4.69) is 0 Å². The number of likely N-dealkylation sites (tertiary alicyclic amines) is 1. The van der Waals surface area contributed by atoms with Gasteiger partial charge in [0.15, 0.2) is 6.67 Å². The van der Waals surface area contributed by atoms with E-state index in [0.717, 1.165) is 41.9 Å². The Balaban J connectivity index is 1.69. The maximum atomic E-state index is 12.6. The molecule has 5 nitrogen and oxygen atoms in total. The molecule has 3 rings (SSSR count). The molecule has 3 atom stereocenters. The molecule has 1 heterocycles. The molecular weight excluding hydrogens is 328 g/mol. The van der Waals surface area contributed by atoms with Crippen LogP contribution in [-0.4, -0.2) is 37.5 Å². The van der Waals surface area contributed by atoms with E-state index >= 15 is 0 Å². The van der Waals surface area contributed by atoms with Gasteiger partial charge in [0.1, 0.15) is 12.3 Å². The van der Waals surface area contributed by atoms with Gasteiger partial charge in [0.05, 0.1) is 26.0 Å². The second kappa shape index (κ2) is 7.11. The molecule has 2 aliphatic rings. The van der Waals surface area contributed by atoms with Crippen LogP contribution in [0.1, 0.15) is 31.2 Å². The molecular formula is C18H24ClN2O3+. The highest BCUT2D eigenvalue weighted by molar-refractivity contribution is 6.30. The standard InChI is InChI=1S/C18H23ClN2O3/c1-20(10-12-9-13(19)7-8-16(12)24-2)11-21-17(22)14-5-3-4-6-15(14)18(21)23/h7-9,14-15H,3-6,10-11H2,1-2H3/p+1/t14-,15-/m0/s1. The summed E-state index contributed by atoms with van der Waals surface area (Å²) in [7, 11) is 3.60. The van der Waals surface area contributed by atoms with Crippen LogP contribution < -0.4 is 9.64 Å². The minimum atomic E-state index is -0.0836. The van der Waals surface area contributed by atoms with Gasteiger partial charge in [-0.05, 0) is 31.0 Å². The molecule has 24 heavy (non-hydrogen) atoms. The summed E-state index contributed by atoms with van der Waals surface area (Å²) in [6, 6.07) is 5.50. The molecule has 1 aliphatic heterocycles. The van der Waals surface area contributed by atoms with Crippen molar-refractivity contribution in [2.24, 2.45) is 11.8 Å². The molecule has 1 aromatic carbocycles. The number of hydrogen-bond donors (Lipinski definition) is 1. The Labute approximate surface area is 147 Å². The summed E-state index contributed by atoms with van der Waals surface area (Å²) in [5.74, 6) is 0.634. The fraction of sp³-hybridized carbons (Fsp3) is 0.556. The number of nitrogens with one attached hydrogen (secondary N) is 1. The first-order valence-electron chi connectivity index (χ1n) is 8.50. The average molecular weight is 352 g/mol. The fourth-order valence-corrected chi connectivity index (χ4v) is 4.12. The van der Waals surface area contributed by atoms with E-state index in [9.17, 15) is 9.59 Å². The maximum Gasteiger partial charge on any atom is 0.237 e. The second-order valence-electron chi connectivity index (χ2n) is 6.85. The van der Waals surface area contributed by atoms with Crippen LogP contribution in [0.5, 0.6) is 5.75 Å². The van der Waals surface area contributed by atoms with Gasteiger partial charge in [-0.25, -0.2) is 4.90 Å². The van der Waals surface area contributed by atoms with Gasteiger partial charge >= 0.3 is 0 Å². The molecule has 6 heteroatoms. The third-order valence-corrected chi connectivity index (χ3v) is 5.33. The lowest BCUT2D eigenvalue weighted by Crippen LogP contribution is -3.09. The summed E-state index contributed by atoms with van der Waals surface area (Å²) in [5, 5.41) is 0.651. The molecule has 1 saturated carbocycles. The predicted octanol–water partition coefficient (Wildman–Crippen LogP) is 1.50. The Kier molecular flexibility index (Phi) is 5.11. The lowest BCUT2D eigenvalue weighted by Gasteiger charge is -2.21. The second-order valence-corrected chi connectivity index (χ2v) is 7.29. The number of quaternary nitrogens is 1. The highest BCUT2D eigenvalue weighted by Crippen LogP contribution is 2.37. The molecule has 2 amide bonds. The van der Waals surface area contributed by atoms with Crippen LogP contribution in [0.15, 0.2) is 18.2 Å². The molecule has 2 fully saturated rings. The Bertz CT molecular complexity index is 625. The Hall–Kier alpha value is -1.59. The zero-order valence-electron chi connectivity index (χ0n) is 14.2. The van der Waals surface area contributed by atoms with E-state index < -0.39 is 0 Å². The summed E-state index contributed by atoms with van der Waals surface area (Å²) >= 11 is 6.07. The predicted molar refractivity (Wildman–Crippen MR) is 90.8 cm³/mol. The molecule has 0 aromatic heterocycles. The molecule has 1 aromatic rings. The van der Waals surface area contributed by atoms with Crippen LogP contribution in [-0.2, 0) is 16.1 Å². The number of benzene rings is 1. The van der Waals surface area contributed by atoms with Gasteiger partial charge in [-0.2, -0.15) is 0 Å². The minimum Gasteiger partial charge on any atom is -0.496 e. The van der Waals surface area contributed by atoms with E-state index in [4.69, 9.17) is 16.3 Å². The van der Waals surface area contributed by atoms with Crippen molar-refractivity contribution >= 4 is 23.4 Å². The molecule has 1 N–H and O–H groups in total. The summed E-state index contributed by atoms with van der Waals surface area (Å²) in [4.78, 5) is 27.6. The van der Waals surface area contributed by atoms with Gasteiger partial charge in [0.25, 0.3) is 0 Å². The highest BCUT2D eigenvalue weighted by atomic mass is 35.5. The highest BCUT2D eigenvalue weighted by Gasteiger charge is 2.49. The number of hydrogen-bond acceptors (Lipinski definition) is 3. The number of imide groups is 1. The third-order valence-electron chi connectivity index (χ3n) is 5.10. The monoisotopic (exact) mass is 351 g/mol. The van der Waals surface area contributed by atoms with Gasteiger partial charge in [-0.15, -0.1) is 0 Å². The molecule has 0 bridgehead atoms. The zero-order chi connectivity index (χ0) is 17.3. The summed E-state index contributed by atoms with van der Waals surface area (Å²) in [6.07, 6.45) is 3.81. The topological polar surface area (TPSA) is 51.1 Å². The van der Waals surface area contributed by atoms with Crippen molar-refractivity contribution in [2.75, 3.05) is 20.8 Å². The number of rotatable bonds is 5. The van der Waals surface area contributed by atoms with Crippen LogP contribution in [0.2, 0.25) is 5.02 Å². The Morgan fingerprint density at radius 2 is 1.83 bits per heavy atom. The summed E-state index contributed by atoms with van der Waals surface area (Å²) < 4.78 is 5.37. The molecule has 1 aliphatic carbocycles. The number of halogens is 1. The van der Waals surface area contributed by atoms with Crippen molar-refractivity contribution in [3.63, 3.8) is 0 Å². The van der Waals surface area contributed by atoms with E-state index in [1.807, 2.05) is 19.2 Å². The zero-order valence-corrected chi connectivity index (χ0v) is 14.9. The van der Waals surface area contributed by atoms with Gasteiger partial charge in [-0.1, -0.05) is 24.4 Å². The smallest absolute Gasteiger partial charge is 0.237 e. The lowest BCUT2D eigenvalue weighted by molar-refractivity contribution is -0.901. The number of fused-ring (bicyclic) bond motifs is 1. The van der Waals surface area contributed by atoms with Crippen LogP contribution in [0, 0.1) is 11.8 Å². The van der Waals surface area contributed by atoms with E-state index in [-0.39, 0.29) is 23.7 Å². The first-order chi connectivity index (χ1) is 11.5. The van der Waals surface area contributed by atoms with Crippen molar-refractivity contribution in [1.82, 2.24) is 4.90 Å². The first kappa shape index (κ1) is 17.2. The van der Waals surface area contributed by atoms with Crippen molar-refractivity contribution in [1.29, 1.82) is 0 Å². The lowest BCUT2D eigenvalue weighted by atomic mass is 9.81. The number of nitrogens with zero attached hydrogens (tertiary/aromatic N) is 1. The number of amides is 2. The van der Waals surface area contributed by atoms with Gasteiger partial charge < -0.3 is 9.64 Å². The number of ether oxygens (including phenoxy) is 1. The van der Waals surface area contributed by atoms with Crippen molar-refractivity contribution in [3.05, 3.63) is 28.8 Å². The van der Waals surface area contributed by atoms with E-state index in [1.165, 1.54) is 4.90 Å². The van der Waals surface area contributed by atoms with Crippen molar-refractivity contribution in [2.45, 2.75) is 32.2 Å². The number of carbonyl (C=O) groups is 2. The summed E-state index contributed by atoms with van der Waals surface area (Å²) in [6.45, 7) is 1.02. The first-order valence-corrected chi connectivity index (χ1v) is 8.88. The molecule has 1 saturated heterocycles. The third kappa shape index (κ3) is 3.28. The van der Waals surface area contributed by atoms with Gasteiger partial charge in [0, 0.05) is 10.6 Å². The summed E-state index contributed by atoms with van der Waals surface area (Å²) in [5.41, 5.74) is 0.971. The van der Waals surface area contributed by atoms with E-state index in [0.29, 0.717) is 18.2 Å². The number of carbonyl (C=O) groups excluding carboxylic acids is 2. The maximum absolute atomic E-state index is 12.6. The van der Waals surface area contributed by atoms with Gasteiger partial charge in [-0.3, -0.25) is 9.59 Å². The molecule has 0 radical (unpaired) electrons. The number of methoxy groups -OCH3 is 1. The van der Waals surface area contributed by atoms with Crippen LogP contribution in [0.3, 0.4) is 0 Å². The Morgan fingerprint density at radius 3 is 2.42 bits per heavy atom. The average Bonchev–Trinajstić information content (AvgIpc) is 2.80. The van der Waals surface area contributed by atoms with Crippen molar-refractivity contribution < 1.29 is 19.2 Å². The van der Waals surface area contributed by atoms with Gasteiger partial charge in [0.2, 0.25) is 11.8 Å². The van der Waals surface area contributed by atoms with Crippen LogP contribution in [0.25, 0.3) is 0 Å². The molecule has 0 spiro atoms. The van der Waals surface area contributed by atoms with Crippen LogP contribution in [0.4, 0.5) is 0 Å². The molecule has 130 valence electrons. The SMILES string of the molecule is COc1ccc(Cl)cc1C[NH+](C)CN1C(=O)[C@H]2CCCC[C@@H]2C1=O. The normalized spacial score (nSPS) is 24.9.